The van der Waals surface area contributed by atoms with E-state index in [0.717, 1.165) is 17.7 Å². The predicted molar refractivity (Wildman–Crippen MR) is 83.5 cm³/mol. The number of ether oxygens (including phenoxy) is 2. The maximum absolute atomic E-state index is 12.0. The lowest BCUT2D eigenvalue weighted by Crippen LogP contribution is -2.37. The summed E-state index contributed by atoms with van der Waals surface area (Å²) in [7, 11) is 3.54. The maximum Gasteiger partial charge on any atom is 0.260 e. The zero-order chi connectivity index (χ0) is 15.7. The van der Waals surface area contributed by atoms with E-state index in [4.69, 9.17) is 9.47 Å². The van der Waals surface area contributed by atoms with Crippen molar-refractivity contribution in [3.63, 3.8) is 0 Å². The van der Waals surface area contributed by atoms with Crippen LogP contribution in [0.2, 0.25) is 0 Å². The molecule has 0 radical (unpaired) electrons. The molecule has 21 heavy (non-hydrogen) atoms. The van der Waals surface area contributed by atoms with Crippen molar-refractivity contribution < 1.29 is 14.3 Å². The molecular weight excluding hydrogens is 268 g/mol. The highest BCUT2D eigenvalue weighted by Crippen LogP contribution is 2.25. The molecule has 2 atom stereocenters. The number of benzene rings is 1. The number of rotatable bonds is 9. The zero-order valence-electron chi connectivity index (χ0n) is 13.3. The van der Waals surface area contributed by atoms with Crippen molar-refractivity contribution in [2.75, 3.05) is 27.3 Å². The van der Waals surface area contributed by atoms with E-state index < -0.39 is 6.10 Å². The Morgan fingerprint density at radius 2 is 2.00 bits per heavy atom. The van der Waals surface area contributed by atoms with Crippen LogP contribution in [-0.2, 0) is 9.53 Å². The molecule has 1 rings (SSSR count). The lowest BCUT2D eigenvalue weighted by atomic mass is 10.1. The Hall–Kier alpha value is -1.59. The summed E-state index contributed by atoms with van der Waals surface area (Å²) < 4.78 is 10.7. The fraction of sp³-hybridized carbons (Fsp3) is 0.562. The molecule has 1 aromatic carbocycles. The Labute approximate surface area is 127 Å². The number of carbonyl (C=O) groups excluding carboxylic acids is 1. The minimum atomic E-state index is -0.530. The number of amides is 1. The maximum atomic E-state index is 12.0. The van der Waals surface area contributed by atoms with E-state index in [1.165, 1.54) is 0 Å². The van der Waals surface area contributed by atoms with Crippen molar-refractivity contribution in [2.24, 2.45) is 0 Å². The van der Waals surface area contributed by atoms with Crippen LogP contribution in [0, 0.1) is 0 Å². The molecule has 118 valence electrons. The van der Waals surface area contributed by atoms with E-state index in [1.54, 1.807) is 14.0 Å². The Balaban J connectivity index is 2.58. The number of para-hydroxylation sites is 1. The summed E-state index contributed by atoms with van der Waals surface area (Å²) in [5, 5.41) is 6.02. The highest BCUT2D eigenvalue weighted by atomic mass is 16.5. The van der Waals surface area contributed by atoms with Gasteiger partial charge in [0.05, 0.1) is 0 Å². The van der Waals surface area contributed by atoms with Gasteiger partial charge in [-0.15, -0.1) is 0 Å². The van der Waals surface area contributed by atoms with Crippen LogP contribution in [0.5, 0.6) is 5.75 Å². The molecule has 0 saturated heterocycles. The van der Waals surface area contributed by atoms with Crippen LogP contribution in [0.25, 0.3) is 0 Å². The summed E-state index contributed by atoms with van der Waals surface area (Å²) in [5.41, 5.74) is 1.04. The van der Waals surface area contributed by atoms with Gasteiger partial charge >= 0.3 is 0 Å². The molecule has 0 aliphatic rings. The second-order valence-electron chi connectivity index (χ2n) is 4.95. The smallest absolute Gasteiger partial charge is 0.260 e. The SMILES string of the molecule is CNC(C)c1ccccc1OC(C)C(=O)NCCCOC. The monoisotopic (exact) mass is 294 g/mol. The number of hydrogen-bond donors (Lipinski definition) is 2. The Morgan fingerprint density at radius 3 is 2.67 bits per heavy atom. The van der Waals surface area contributed by atoms with Gasteiger partial charge in [-0.2, -0.15) is 0 Å². The van der Waals surface area contributed by atoms with Crippen molar-refractivity contribution in [3.8, 4) is 5.75 Å². The average Bonchev–Trinajstić information content (AvgIpc) is 2.51. The van der Waals surface area contributed by atoms with Crippen molar-refractivity contribution in [1.29, 1.82) is 0 Å². The molecule has 0 aromatic heterocycles. The van der Waals surface area contributed by atoms with Crippen LogP contribution in [0.1, 0.15) is 31.9 Å². The lowest BCUT2D eigenvalue weighted by molar-refractivity contribution is -0.127. The van der Waals surface area contributed by atoms with Crippen LogP contribution in [0.3, 0.4) is 0 Å². The molecule has 2 N–H and O–H groups in total. The third-order valence-corrected chi connectivity index (χ3v) is 3.32. The van der Waals surface area contributed by atoms with E-state index in [0.29, 0.717) is 13.2 Å². The molecular formula is C16H26N2O3. The molecule has 1 aromatic rings. The van der Waals surface area contributed by atoms with Crippen LogP contribution in [0.15, 0.2) is 24.3 Å². The third kappa shape index (κ3) is 5.73. The zero-order valence-corrected chi connectivity index (χ0v) is 13.3. The molecule has 0 heterocycles. The van der Waals surface area contributed by atoms with Gasteiger partial charge in [0.2, 0.25) is 0 Å². The number of nitrogens with one attached hydrogen (secondary N) is 2. The first kappa shape index (κ1) is 17.5. The fourth-order valence-corrected chi connectivity index (χ4v) is 1.92. The lowest BCUT2D eigenvalue weighted by Gasteiger charge is -2.20. The van der Waals surface area contributed by atoms with Gasteiger partial charge in [-0.1, -0.05) is 18.2 Å². The van der Waals surface area contributed by atoms with E-state index in [2.05, 4.69) is 17.6 Å². The van der Waals surface area contributed by atoms with E-state index >= 15 is 0 Å². The van der Waals surface area contributed by atoms with Gasteiger partial charge < -0.3 is 20.1 Å². The predicted octanol–water partition coefficient (Wildman–Crippen LogP) is 1.89. The van der Waals surface area contributed by atoms with Crippen LogP contribution in [-0.4, -0.2) is 39.3 Å². The number of hydrogen-bond acceptors (Lipinski definition) is 4. The first-order chi connectivity index (χ1) is 10.1. The quantitative estimate of drug-likeness (QED) is 0.683. The highest BCUT2D eigenvalue weighted by Gasteiger charge is 2.17. The molecule has 0 aliphatic carbocycles. The summed E-state index contributed by atoms with van der Waals surface area (Å²) >= 11 is 0. The van der Waals surface area contributed by atoms with E-state index in [9.17, 15) is 4.79 Å². The fourth-order valence-electron chi connectivity index (χ4n) is 1.92. The average molecular weight is 294 g/mol. The van der Waals surface area contributed by atoms with Gasteiger partial charge in [0.15, 0.2) is 6.10 Å². The Bertz CT molecular complexity index is 437. The van der Waals surface area contributed by atoms with Crippen molar-refractivity contribution in [3.05, 3.63) is 29.8 Å². The Morgan fingerprint density at radius 1 is 1.29 bits per heavy atom. The minimum absolute atomic E-state index is 0.113. The molecule has 0 bridgehead atoms. The molecule has 5 nitrogen and oxygen atoms in total. The van der Waals surface area contributed by atoms with Gasteiger partial charge in [-0.3, -0.25) is 4.79 Å². The summed E-state index contributed by atoms with van der Waals surface area (Å²) in [6.07, 6.45) is 0.264. The second-order valence-corrected chi connectivity index (χ2v) is 4.95. The van der Waals surface area contributed by atoms with Crippen LogP contribution >= 0.6 is 0 Å². The van der Waals surface area contributed by atoms with Gasteiger partial charge in [0, 0.05) is 31.9 Å². The molecule has 5 heteroatoms. The largest absolute Gasteiger partial charge is 0.481 e. The summed E-state index contributed by atoms with van der Waals surface area (Å²) in [5.74, 6) is 0.622. The van der Waals surface area contributed by atoms with Gasteiger partial charge in [-0.05, 0) is 33.4 Å². The molecule has 2 unspecified atom stereocenters. The van der Waals surface area contributed by atoms with Gasteiger partial charge in [-0.25, -0.2) is 0 Å². The number of methoxy groups -OCH3 is 1. The minimum Gasteiger partial charge on any atom is -0.481 e. The van der Waals surface area contributed by atoms with Gasteiger partial charge in [0.25, 0.3) is 5.91 Å². The van der Waals surface area contributed by atoms with Crippen molar-refractivity contribution in [1.82, 2.24) is 10.6 Å². The van der Waals surface area contributed by atoms with Gasteiger partial charge in [0.1, 0.15) is 5.75 Å². The van der Waals surface area contributed by atoms with Crippen LogP contribution in [0.4, 0.5) is 0 Å². The summed E-state index contributed by atoms with van der Waals surface area (Å²) in [6, 6.07) is 7.92. The Kier molecular flexibility index (Phi) is 7.79. The van der Waals surface area contributed by atoms with Crippen LogP contribution < -0.4 is 15.4 Å². The van der Waals surface area contributed by atoms with Crippen molar-refractivity contribution in [2.45, 2.75) is 32.4 Å². The van der Waals surface area contributed by atoms with E-state index in [-0.39, 0.29) is 11.9 Å². The summed E-state index contributed by atoms with van der Waals surface area (Å²) in [6.45, 7) is 5.04. The van der Waals surface area contributed by atoms with Crippen molar-refractivity contribution >= 4 is 5.91 Å². The molecule has 0 fully saturated rings. The first-order valence-corrected chi connectivity index (χ1v) is 7.29. The standard InChI is InChI=1S/C16H26N2O3/c1-12(17-3)14-8-5-6-9-15(14)21-13(2)16(19)18-10-7-11-20-4/h5-6,8-9,12-13,17H,7,10-11H2,1-4H3,(H,18,19). The number of carbonyl (C=O) groups is 1. The molecule has 0 spiro atoms. The third-order valence-electron chi connectivity index (χ3n) is 3.32. The molecule has 0 aliphatic heterocycles. The highest BCUT2D eigenvalue weighted by molar-refractivity contribution is 5.80. The van der Waals surface area contributed by atoms with E-state index in [1.807, 2.05) is 31.3 Å². The summed E-state index contributed by atoms with van der Waals surface area (Å²) in [4.78, 5) is 12.0. The molecule has 0 saturated carbocycles. The topological polar surface area (TPSA) is 59.6 Å². The normalized spacial score (nSPS) is 13.5. The first-order valence-electron chi connectivity index (χ1n) is 7.29. The second kappa shape index (κ2) is 9.37. The molecule has 1 amide bonds.